The Kier molecular flexibility index (Phi) is 4.38. The number of aryl methyl sites for hydroxylation is 1. The average molecular weight is 326 g/mol. The Morgan fingerprint density at radius 1 is 1.17 bits per heavy atom. The third-order valence-electron chi connectivity index (χ3n) is 4.77. The van der Waals surface area contributed by atoms with E-state index in [1.165, 1.54) is 0 Å². The number of amides is 2. The number of likely N-dealkylation sites (tertiary alicyclic amines) is 1. The van der Waals surface area contributed by atoms with E-state index >= 15 is 0 Å². The largest absolute Gasteiger partial charge is 0.369 e. The Balaban J connectivity index is 1.80. The topological polar surface area (TPSA) is 81.2 Å². The summed E-state index contributed by atoms with van der Waals surface area (Å²) in [7, 11) is 0. The van der Waals surface area contributed by atoms with Crippen molar-refractivity contribution < 1.29 is 9.59 Å². The van der Waals surface area contributed by atoms with Crippen molar-refractivity contribution in [1.82, 2.24) is 14.7 Å². The molecule has 1 aliphatic rings. The summed E-state index contributed by atoms with van der Waals surface area (Å²) in [6.07, 6.45) is 2.89. The normalized spacial score (nSPS) is 15.5. The number of nitrogens with two attached hydrogens (primary N) is 1. The van der Waals surface area contributed by atoms with E-state index in [0.29, 0.717) is 31.5 Å². The third kappa shape index (κ3) is 2.91. The van der Waals surface area contributed by atoms with Crippen LogP contribution in [0.3, 0.4) is 0 Å². The Morgan fingerprint density at radius 2 is 1.83 bits per heavy atom. The molecule has 0 spiro atoms. The van der Waals surface area contributed by atoms with Crippen molar-refractivity contribution in [1.29, 1.82) is 0 Å². The minimum absolute atomic E-state index is 0.0322. The second-order valence-electron chi connectivity index (χ2n) is 6.31. The molecule has 0 unspecified atom stereocenters. The maximum atomic E-state index is 12.8. The number of hydrogen-bond donors (Lipinski definition) is 1. The molecule has 0 aliphatic carbocycles. The van der Waals surface area contributed by atoms with Gasteiger partial charge in [-0.15, -0.1) is 0 Å². The van der Waals surface area contributed by atoms with Gasteiger partial charge in [0.1, 0.15) is 0 Å². The van der Waals surface area contributed by atoms with Crippen LogP contribution in [0.2, 0.25) is 0 Å². The Morgan fingerprint density at radius 3 is 2.46 bits per heavy atom. The molecule has 1 aromatic carbocycles. The van der Waals surface area contributed by atoms with Gasteiger partial charge in [0, 0.05) is 19.0 Å². The van der Waals surface area contributed by atoms with Crippen LogP contribution in [0.5, 0.6) is 0 Å². The van der Waals surface area contributed by atoms with Crippen molar-refractivity contribution in [3.8, 4) is 5.69 Å². The molecule has 2 aromatic rings. The van der Waals surface area contributed by atoms with Crippen molar-refractivity contribution in [3.05, 3.63) is 47.3 Å². The van der Waals surface area contributed by atoms with Gasteiger partial charge in [0.25, 0.3) is 5.91 Å². The molecule has 126 valence electrons. The van der Waals surface area contributed by atoms with Gasteiger partial charge in [-0.3, -0.25) is 9.59 Å². The number of hydrogen-bond acceptors (Lipinski definition) is 3. The fourth-order valence-electron chi connectivity index (χ4n) is 3.20. The summed E-state index contributed by atoms with van der Waals surface area (Å²) in [5.41, 5.74) is 8.86. The Hall–Kier alpha value is -2.63. The second-order valence-corrected chi connectivity index (χ2v) is 6.31. The van der Waals surface area contributed by atoms with E-state index in [1.807, 2.05) is 38.1 Å². The van der Waals surface area contributed by atoms with Crippen molar-refractivity contribution in [2.75, 3.05) is 13.1 Å². The monoisotopic (exact) mass is 326 g/mol. The molecule has 1 aliphatic heterocycles. The van der Waals surface area contributed by atoms with Gasteiger partial charge in [-0.2, -0.15) is 5.10 Å². The molecule has 24 heavy (non-hydrogen) atoms. The third-order valence-corrected chi connectivity index (χ3v) is 4.77. The SMILES string of the molecule is Cc1ccccc1-n1ncc(C(=O)N2CCC(C(N)=O)CC2)c1C. The Bertz CT molecular complexity index is 773. The van der Waals surface area contributed by atoms with Gasteiger partial charge < -0.3 is 10.6 Å². The minimum atomic E-state index is -0.273. The van der Waals surface area contributed by atoms with Crippen LogP contribution >= 0.6 is 0 Å². The molecule has 1 saturated heterocycles. The highest BCUT2D eigenvalue weighted by atomic mass is 16.2. The number of para-hydroxylation sites is 1. The van der Waals surface area contributed by atoms with Gasteiger partial charge >= 0.3 is 0 Å². The van der Waals surface area contributed by atoms with Crippen molar-refractivity contribution >= 4 is 11.8 Å². The van der Waals surface area contributed by atoms with E-state index in [2.05, 4.69) is 5.10 Å². The van der Waals surface area contributed by atoms with Gasteiger partial charge in [0.15, 0.2) is 0 Å². The molecule has 2 heterocycles. The van der Waals surface area contributed by atoms with Crippen LogP contribution in [0, 0.1) is 19.8 Å². The lowest BCUT2D eigenvalue weighted by atomic mass is 9.96. The zero-order valence-corrected chi connectivity index (χ0v) is 14.0. The lowest BCUT2D eigenvalue weighted by Gasteiger charge is -2.30. The highest BCUT2D eigenvalue weighted by Crippen LogP contribution is 2.22. The highest BCUT2D eigenvalue weighted by molar-refractivity contribution is 5.95. The van der Waals surface area contributed by atoms with E-state index in [0.717, 1.165) is 16.9 Å². The number of rotatable bonds is 3. The van der Waals surface area contributed by atoms with E-state index < -0.39 is 0 Å². The summed E-state index contributed by atoms with van der Waals surface area (Å²) in [4.78, 5) is 25.8. The van der Waals surface area contributed by atoms with E-state index in [1.54, 1.807) is 15.8 Å². The van der Waals surface area contributed by atoms with Crippen LogP contribution in [0.1, 0.15) is 34.5 Å². The summed E-state index contributed by atoms with van der Waals surface area (Å²) >= 11 is 0. The minimum Gasteiger partial charge on any atom is -0.369 e. The van der Waals surface area contributed by atoms with Crippen LogP contribution in [0.4, 0.5) is 0 Å². The van der Waals surface area contributed by atoms with E-state index in [4.69, 9.17) is 5.73 Å². The molecule has 6 nitrogen and oxygen atoms in total. The van der Waals surface area contributed by atoms with E-state index in [9.17, 15) is 9.59 Å². The molecule has 2 amide bonds. The van der Waals surface area contributed by atoms with Crippen LogP contribution in [-0.2, 0) is 4.79 Å². The second kappa shape index (κ2) is 6.47. The molecule has 2 N–H and O–H groups in total. The van der Waals surface area contributed by atoms with Gasteiger partial charge in [0.05, 0.1) is 23.1 Å². The highest BCUT2D eigenvalue weighted by Gasteiger charge is 2.28. The van der Waals surface area contributed by atoms with E-state index in [-0.39, 0.29) is 17.7 Å². The molecular weight excluding hydrogens is 304 g/mol. The molecule has 0 bridgehead atoms. The molecule has 0 atom stereocenters. The summed E-state index contributed by atoms with van der Waals surface area (Å²) in [5, 5.41) is 4.40. The first-order valence-electron chi connectivity index (χ1n) is 8.18. The van der Waals surface area contributed by atoms with Crippen molar-refractivity contribution in [3.63, 3.8) is 0 Å². The number of carbonyl (C=O) groups excluding carboxylic acids is 2. The molecule has 6 heteroatoms. The number of primary amides is 1. The first-order valence-corrected chi connectivity index (χ1v) is 8.18. The molecule has 1 fully saturated rings. The zero-order chi connectivity index (χ0) is 17.3. The van der Waals surface area contributed by atoms with Crippen molar-refractivity contribution in [2.45, 2.75) is 26.7 Å². The fourth-order valence-corrected chi connectivity index (χ4v) is 3.20. The summed E-state index contributed by atoms with van der Waals surface area (Å²) in [6, 6.07) is 7.95. The van der Waals surface area contributed by atoms with Crippen LogP contribution < -0.4 is 5.73 Å². The van der Waals surface area contributed by atoms with Crippen LogP contribution in [0.15, 0.2) is 30.5 Å². The van der Waals surface area contributed by atoms with Gasteiger partial charge in [-0.1, -0.05) is 18.2 Å². The number of piperidine rings is 1. The predicted molar refractivity (Wildman–Crippen MR) is 90.9 cm³/mol. The first kappa shape index (κ1) is 16.2. The molecule has 0 radical (unpaired) electrons. The number of carbonyl (C=O) groups is 2. The molecular formula is C18H22N4O2. The summed E-state index contributed by atoms with van der Waals surface area (Å²) < 4.78 is 1.80. The standard InChI is InChI=1S/C18H22N4O2/c1-12-5-3-4-6-16(12)22-13(2)15(11-20-22)18(24)21-9-7-14(8-10-21)17(19)23/h3-6,11,14H,7-10H2,1-2H3,(H2,19,23). The maximum absolute atomic E-state index is 12.8. The summed E-state index contributed by atoms with van der Waals surface area (Å²) in [6.45, 7) is 5.04. The molecule has 3 rings (SSSR count). The summed E-state index contributed by atoms with van der Waals surface area (Å²) in [5.74, 6) is -0.425. The van der Waals surface area contributed by atoms with Crippen LogP contribution in [-0.4, -0.2) is 39.6 Å². The first-order chi connectivity index (χ1) is 11.5. The van der Waals surface area contributed by atoms with Gasteiger partial charge in [-0.25, -0.2) is 4.68 Å². The Labute approximate surface area is 141 Å². The van der Waals surface area contributed by atoms with Crippen LogP contribution in [0.25, 0.3) is 5.69 Å². The van der Waals surface area contributed by atoms with Gasteiger partial charge in [0.2, 0.25) is 5.91 Å². The van der Waals surface area contributed by atoms with Crippen molar-refractivity contribution in [2.24, 2.45) is 11.7 Å². The smallest absolute Gasteiger partial charge is 0.257 e. The number of aromatic nitrogens is 2. The lowest BCUT2D eigenvalue weighted by molar-refractivity contribution is -0.123. The number of benzene rings is 1. The number of nitrogens with zero attached hydrogens (tertiary/aromatic N) is 3. The molecule has 1 aromatic heterocycles. The average Bonchev–Trinajstić information content (AvgIpc) is 2.96. The predicted octanol–water partition coefficient (Wildman–Crippen LogP) is 1.83. The fraction of sp³-hybridized carbons (Fsp3) is 0.389. The van der Waals surface area contributed by atoms with Gasteiger partial charge in [-0.05, 0) is 38.3 Å². The lowest BCUT2D eigenvalue weighted by Crippen LogP contribution is -2.41. The zero-order valence-electron chi connectivity index (χ0n) is 14.0. The quantitative estimate of drug-likeness (QED) is 0.934. The molecule has 0 saturated carbocycles. The maximum Gasteiger partial charge on any atom is 0.257 e.